The molecule has 0 spiro atoms. The van der Waals surface area contributed by atoms with Gasteiger partial charge in [0.1, 0.15) is 23.0 Å². The first-order valence-corrected chi connectivity index (χ1v) is 14.8. The number of halogens is 2. The lowest BCUT2D eigenvalue weighted by Crippen LogP contribution is -2.23. The number of phenolic OH excluding ortho intramolecular Hbond substituents is 1. The molecule has 0 unspecified atom stereocenters. The van der Waals surface area contributed by atoms with Gasteiger partial charge in [-0.05, 0) is 79.6 Å². The Kier molecular flexibility index (Phi) is 18.6. The Morgan fingerprint density at radius 1 is 0.681 bits per heavy atom. The van der Waals surface area contributed by atoms with E-state index < -0.39 is 5.91 Å². The largest absolute Gasteiger partial charge is 0.508 e. The van der Waals surface area contributed by atoms with E-state index in [1.54, 1.807) is 54.6 Å². The normalized spacial score (nSPS) is 9.96. The van der Waals surface area contributed by atoms with Gasteiger partial charge >= 0.3 is 0 Å². The molecule has 0 fully saturated rings. The lowest BCUT2D eigenvalue weighted by Gasteiger charge is -2.14. The molecule has 0 aliphatic heterocycles. The van der Waals surface area contributed by atoms with Gasteiger partial charge in [-0.2, -0.15) is 0 Å². The molecule has 3 rings (SSSR count). The molecule has 0 heterocycles. The number of anilines is 2. The first kappa shape index (κ1) is 40.1. The van der Waals surface area contributed by atoms with Crippen LogP contribution in [0.5, 0.6) is 23.0 Å². The highest BCUT2D eigenvalue weighted by Crippen LogP contribution is 2.27. The van der Waals surface area contributed by atoms with Crippen molar-refractivity contribution in [3.63, 3.8) is 0 Å². The minimum atomic E-state index is -0.427. The number of hydrogen-bond donors (Lipinski definition) is 7. The molecular weight excluding hydrogens is 647 g/mol. The van der Waals surface area contributed by atoms with Crippen molar-refractivity contribution in [2.45, 2.75) is 44.9 Å². The number of carbonyl (C=O) groups is 2. The van der Waals surface area contributed by atoms with Crippen LogP contribution in [-0.2, 0) is 4.79 Å². The van der Waals surface area contributed by atoms with E-state index in [1.807, 2.05) is 0 Å². The summed E-state index contributed by atoms with van der Waals surface area (Å²) in [6.07, 6.45) is 5.33. The van der Waals surface area contributed by atoms with Crippen molar-refractivity contribution in [2.24, 2.45) is 32.9 Å². The predicted molar refractivity (Wildman–Crippen MR) is 191 cm³/mol. The number of guanidine groups is 2. The fraction of sp³-hybridized carbons (Fsp3) is 0.312. The molecule has 0 radical (unpaired) electrons. The van der Waals surface area contributed by atoms with E-state index in [0.29, 0.717) is 67.6 Å². The molecule has 13 nitrogen and oxygen atoms in total. The van der Waals surface area contributed by atoms with Gasteiger partial charge < -0.3 is 48.1 Å². The van der Waals surface area contributed by atoms with Crippen LogP contribution in [0, 0.1) is 0 Å². The monoisotopic (exact) mass is 690 g/mol. The van der Waals surface area contributed by atoms with Crippen LogP contribution >= 0.6 is 24.8 Å². The Hall–Kier alpha value is -4.88. The summed E-state index contributed by atoms with van der Waals surface area (Å²) in [5.41, 5.74) is 22.5. The lowest BCUT2D eigenvalue weighted by atomic mass is 10.1. The zero-order chi connectivity index (χ0) is 32.4. The number of nitrogens with two attached hydrogens (primary N) is 4. The van der Waals surface area contributed by atoms with Gasteiger partial charge in [0.15, 0.2) is 11.9 Å². The molecule has 0 bridgehead atoms. The fourth-order valence-corrected chi connectivity index (χ4v) is 4.18. The molecule has 0 saturated heterocycles. The predicted octanol–water partition coefficient (Wildman–Crippen LogP) is 4.88. The van der Waals surface area contributed by atoms with Crippen LogP contribution in [0.15, 0.2) is 76.7 Å². The summed E-state index contributed by atoms with van der Waals surface area (Å²) >= 11 is 0. The van der Waals surface area contributed by atoms with E-state index in [0.717, 1.165) is 25.7 Å². The number of phenols is 1. The van der Waals surface area contributed by atoms with Crippen LogP contribution in [-0.4, -0.2) is 48.5 Å². The van der Waals surface area contributed by atoms with Crippen LogP contribution in [0.1, 0.15) is 55.3 Å². The molecule has 3 aromatic rings. The molecule has 0 aromatic heterocycles. The molecule has 11 N–H and O–H groups in total. The fourth-order valence-electron chi connectivity index (χ4n) is 4.18. The van der Waals surface area contributed by atoms with E-state index in [9.17, 15) is 14.7 Å². The van der Waals surface area contributed by atoms with E-state index in [1.165, 1.54) is 12.1 Å². The van der Waals surface area contributed by atoms with Crippen molar-refractivity contribution in [1.82, 2.24) is 0 Å². The van der Waals surface area contributed by atoms with Crippen molar-refractivity contribution in [3.8, 4) is 23.0 Å². The van der Waals surface area contributed by atoms with Gasteiger partial charge in [0.05, 0.1) is 17.9 Å². The third kappa shape index (κ3) is 15.8. The second-order valence-electron chi connectivity index (χ2n) is 10.2. The Morgan fingerprint density at radius 2 is 1.23 bits per heavy atom. The number of hydrogen-bond acceptors (Lipinski definition) is 7. The Balaban J connectivity index is 0.00000552. The number of unbranched alkanes of at least 4 members (excludes halogenated alkanes) is 4. The van der Waals surface area contributed by atoms with Crippen molar-refractivity contribution in [2.75, 3.05) is 30.3 Å². The van der Waals surface area contributed by atoms with Gasteiger partial charge in [-0.1, -0.05) is 19.3 Å². The maximum Gasteiger partial charge on any atom is 0.257 e. The summed E-state index contributed by atoms with van der Waals surface area (Å²) in [7, 11) is 0. The standard InChI is InChI=1S/C32H42N8O5.2ClH/c33-31(34)37-18-5-3-1-2-4-7-29(42)40-28-17-16-26(44-20-6-19-38-32(35)36)21-27(28)30(43)39-22-8-12-24(13-9-22)45-25-14-10-23(41)11-15-25;;/h8-17,21,41H,1-7,18-20H2,(H,39,43)(H,40,42)(H4,33,34,37)(H4,35,36,38);2*1H. The van der Waals surface area contributed by atoms with Crippen LogP contribution in [0.2, 0.25) is 0 Å². The summed E-state index contributed by atoms with van der Waals surface area (Å²) in [5.74, 6) is 1.20. The van der Waals surface area contributed by atoms with Crippen LogP contribution in [0.3, 0.4) is 0 Å². The number of aromatic hydroxyl groups is 1. The lowest BCUT2D eigenvalue weighted by molar-refractivity contribution is -0.116. The summed E-state index contributed by atoms with van der Waals surface area (Å²) in [6.45, 7) is 1.34. The average Bonchev–Trinajstić information content (AvgIpc) is 3.00. The molecular formula is C32H44Cl2N8O5. The third-order valence-corrected chi connectivity index (χ3v) is 6.42. The number of rotatable bonds is 18. The van der Waals surface area contributed by atoms with Gasteiger partial charge in [-0.3, -0.25) is 19.6 Å². The van der Waals surface area contributed by atoms with E-state index >= 15 is 0 Å². The SMILES string of the molecule is Cl.Cl.NC(N)=NCCCCCCCC(=O)Nc1ccc(OCCCN=C(N)N)cc1C(=O)Nc1ccc(Oc2ccc(O)cc2)cc1. The van der Waals surface area contributed by atoms with Crippen molar-refractivity contribution in [3.05, 3.63) is 72.3 Å². The van der Waals surface area contributed by atoms with Crippen LogP contribution < -0.4 is 43.0 Å². The molecule has 256 valence electrons. The second-order valence-corrected chi connectivity index (χ2v) is 10.2. The number of benzene rings is 3. The molecule has 3 aromatic carbocycles. The quantitative estimate of drug-likeness (QED) is 0.0548. The minimum absolute atomic E-state index is 0. The number of nitrogens with zero attached hydrogens (tertiary/aromatic N) is 2. The molecule has 0 atom stereocenters. The highest BCUT2D eigenvalue weighted by molar-refractivity contribution is 6.10. The summed E-state index contributed by atoms with van der Waals surface area (Å²) in [6, 6.07) is 18.1. The van der Waals surface area contributed by atoms with Crippen LogP contribution in [0.4, 0.5) is 11.4 Å². The Morgan fingerprint density at radius 3 is 1.87 bits per heavy atom. The molecule has 0 aliphatic carbocycles. The highest BCUT2D eigenvalue weighted by Gasteiger charge is 2.16. The molecule has 2 amide bonds. The molecule has 0 saturated carbocycles. The summed E-state index contributed by atoms with van der Waals surface area (Å²) < 4.78 is 11.6. The zero-order valence-corrected chi connectivity index (χ0v) is 27.7. The maximum atomic E-state index is 13.4. The Bertz CT molecular complexity index is 1450. The van der Waals surface area contributed by atoms with Crippen LogP contribution in [0.25, 0.3) is 0 Å². The van der Waals surface area contributed by atoms with E-state index in [4.69, 9.17) is 32.4 Å². The van der Waals surface area contributed by atoms with Crippen molar-refractivity contribution >= 4 is 59.9 Å². The summed E-state index contributed by atoms with van der Waals surface area (Å²) in [4.78, 5) is 34.1. The molecule has 47 heavy (non-hydrogen) atoms. The zero-order valence-electron chi connectivity index (χ0n) is 26.0. The first-order chi connectivity index (χ1) is 21.7. The highest BCUT2D eigenvalue weighted by atomic mass is 35.5. The number of nitrogens with one attached hydrogen (secondary N) is 2. The number of carbonyl (C=O) groups excluding carboxylic acids is 2. The van der Waals surface area contributed by atoms with Crippen molar-refractivity contribution < 1.29 is 24.2 Å². The van der Waals surface area contributed by atoms with E-state index in [2.05, 4.69) is 20.6 Å². The summed E-state index contributed by atoms with van der Waals surface area (Å²) in [5, 5.41) is 15.2. The van der Waals surface area contributed by atoms with Gasteiger partial charge in [0.25, 0.3) is 5.91 Å². The topological polar surface area (TPSA) is 226 Å². The molecule has 15 heteroatoms. The van der Waals surface area contributed by atoms with Gasteiger partial charge in [-0.15, -0.1) is 24.8 Å². The third-order valence-electron chi connectivity index (χ3n) is 6.42. The number of ether oxygens (including phenoxy) is 2. The van der Waals surface area contributed by atoms with Gasteiger partial charge in [0, 0.05) is 31.6 Å². The van der Waals surface area contributed by atoms with Gasteiger partial charge in [-0.25, -0.2) is 0 Å². The van der Waals surface area contributed by atoms with E-state index in [-0.39, 0.29) is 54.0 Å². The van der Waals surface area contributed by atoms with Crippen molar-refractivity contribution in [1.29, 1.82) is 0 Å². The number of amides is 2. The second kappa shape index (κ2) is 21.8. The molecule has 0 aliphatic rings. The maximum absolute atomic E-state index is 13.4. The average molecular weight is 692 g/mol. The van der Waals surface area contributed by atoms with Gasteiger partial charge in [0.2, 0.25) is 5.91 Å². The Labute approximate surface area is 287 Å². The minimum Gasteiger partial charge on any atom is -0.508 e. The number of aliphatic imine (C=N–C) groups is 2. The first-order valence-electron chi connectivity index (χ1n) is 14.8. The smallest absolute Gasteiger partial charge is 0.257 e.